The number of hydrogen-bond donors (Lipinski definition) is 2. The Hall–Kier alpha value is -1.36. The molecule has 2 heterocycles. The fourth-order valence-electron chi connectivity index (χ4n) is 1.98. The molecule has 0 bridgehead atoms. The van der Waals surface area contributed by atoms with Gasteiger partial charge in [0.15, 0.2) is 16.7 Å². The minimum absolute atomic E-state index is 0.0255. The third kappa shape index (κ3) is 1.07. The zero-order valence-corrected chi connectivity index (χ0v) is 9.01. The molecule has 0 saturated carbocycles. The summed E-state index contributed by atoms with van der Waals surface area (Å²) >= 11 is 1.55. The van der Waals surface area contributed by atoms with Crippen molar-refractivity contribution in [3.8, 4) is 11.5 Å². The molecular weight excluding hydrogens is 212 g/mol. The van der Waals surface area contributed by atoms with Crippen LogP contribution in [0.2, 0.25) is 0 Å². The Morgan fingerprint density at radius 1 is 1.47 bits per heavy atom. The number of fused-ring (bicyclic) bond motifs is 3. The number of hydrogen-bond acceptors (Lipinski definition) is 5. The lowest BCUT2D eigenvalue weighted by atomic mass is 10.1. The molecule has 0 aromatic heterocycles. The molecule has 0 unspecified atom stereocenters. The van der Waals surface area contributed by atoms with Crippen molar-refractivity contribution in [3.63, 3.8) is 0 Å². The summed E-state index contributed by atoms with van der Waals surface area (Å²) in [5, 5.41) is 20.1. The van der Waals surface area contributed by atoms with Crippen molar-refractivity contribution in [2.75, 3.05) is 18.0 Å². The van der Waals surface area contributed by atoms with Gasteiger partial charge in [0.2, 0.25) is 0 Å². The lowest BCUT2D eigenvalue weighted by Gasteiger charge is -2.16. The van der Waals surface area contributed by atoms with Crippen molar-refractivity contribution in [2.45, 2.75) is 11.8 Å². The van der Waals surface area contributed by atoms with Crippen molar-refractivity contribution in [1.29, 1.82) is 0 Å². The van der Waals surface area contributed by atoms with Crippen LogP contribution in [-0.4, -0.2) is 28.5 Å². The average molecular weight is 222 g/mol. The molecule has 0 amide bonds. The first-order chi connectivity index (χ1) is 7.18. The minimum atomic E-state index is -0.0551. The number of nitrogens with zero attached hydrogens (tertiary/aromatic N) is 2. The maximum Gasteiger partial charge on any atom is 0.168 e. The van der Waals surface area contributed by atoms with Gasteiger partial charge in [-0.25, -0.2) is 0 Å². The lowest BCUT2D eigenvalue weighted by Crippen LogP contribution is -2.21. The molecule has 0 aliphatic carbocycles. The molecule has 0 fully saturated rings. The Morgan fingerprint density at radius 2 is 2.27 bits per heavy atom. The Kier molecular flexibility index (Phi) is 1.68. The van der Waals surface area contributed by atoms with Gasteiger partial charge in [0.05, 0.1) is 12.2 Å². The molecule has 2 aliphatic heterocycles. The number of anilines is 1. The molecule has 0 saturated heterocycles. The Balaban J connectivity index is 2.24. The van der Waals surface area contributed by atoms with Crippen LogP contribution >= 0.6 is 11.8 Å². The Morgan fingerprint density at radius 3 is 3.07 bits per heavy atom. The zero-order valence-electron chi connectivity index (χ0n) is 8.19. The molecule has 15 heavy (non-hydrogen) atoms. The van der Waals surface area contributed by atoms with E-state index >= 15 is 0 Å². The average Bonchev–Trinajstić information content (AvgIpc) is 2.73. The highest BCUT2D eigenvalue weighted by atomic mass is 32.2. The van der Waals surface area contributed by atoms with Gasteiger partial charge in [0.25, 0.3) is 0 Å². The number of benzene rings is 1. The highest BCUT2D eigenvalue weighted by Crippen LogP contribution is 2.49. The minimum Gasteiger partial charge on any atom is -0.504 e. The van der Waals surface area contributed by atoms with E-state index in [9.17, 15) is 10.2 Å². The molecule has 2 aliphatic rings. The highest BCUT2D eigenvalue weighted by Gasteiger charge is 2.32. The van der Waals surface area contributed by atoms with Gasteiger partial charge in [0, 0.05) is 17.0 Å². The van der Waals surface area contributed by atoms with Gasteiger partial charge in [-0.1, -0.05) is 0 Å². The molecule has 4 nitrogen and oxygen atoms in total. The van der Waals surface area contributed by atoms with Crippen LogP contribution in [0.5, 0.6) is 11.5 Å². The van der Waals surface area contributed by atoms with Crippen LogP contribution < -0.4 is 4.90 Å². The second kappa shape index (κ2) is 2.82. The normalized spacial score (nSPS) is 17.7. The third-order valence-electron chi connectivity index (χ3n) is 2.73. The molecule has 1 aromatic rings. The lowest BCUT2D eigenvalue weighted by molar-refractivity contribution is 0.400. The first-order valence-electron chi connectivity index (χ1n) is 4.74. The number of thioether (sulfide) groups is 1. The van der Waals surface area contributed by atoms with Gasteiger partial charge >= 0.3 is 0 Å². The number of amidine groups is 1. The third-order valence-corrected chi connectivity index (χ3v) is 3.79. The second-order valence-corrected chi connectivity index (χ2v) is 4.64. The highest BCUT2D eigenvalue weighted by molar-refractivity contribution is 8.14. The van der Waals surface area contributed by atoms with Crippen LogP contribution in [0, 0.1) is 6.92 Å². The van der Waals surface area contributed by atoms with Crippen molar-refractivity contribution >= 4 is 22.6 Å². The monoisotopic (exact) mass is 222 g/mol. The van der Waals surface area contributed by atoms with Gasteiger partial charge in [-0.15, -0.1) is 0 Å². The molecule has 78 valence electrons. The number of phenols is 2. The molecular formula is C10H10N2O2S. The van der Waals surface area contributed by atoms with Gasteiger partial charge in [-0.2, -0.15) is 0 Å². The molecule has 0 atom stereocenters. The molecule has 0 radical (unpaired) electrons. The van der Waals surface area contributed by atoms with E-state index < -0.39 is 0 Å². The maximum atomic E-state index is 9.66. The van der Waals surface area contributed by atoms with Crippen molar-refractivity contribution in [1.82, 2.24) is 0 Å². The molecule has 1 aromatic carbocycles. The van der Waals surface area contributed by atoms with E-state index in [1.54, 1.807) is 17.8 Å². The fraction of sp³-hybridized carbons (Fsp3) is 0.300. The number of aromatic hydroxyl groups is 2. The summed E-state index contributed by atoms with van der Waals surface area (Å²) in [6.45, 7) is 3.49. The summed E-state index contributed by atoms with van der Waals surface area (Å²) < 4.78 is 0. The van der Waals surface area contributed by atoms with Crippen LogP contribution in [-0.2, 0) is 0 Å². The SMILES string of the molecule is Cc1c(O)c(O)cc2c1N1CCN=C1S2. The van der Waals surface area contributed by atoms with E-state index in [0.717, 1.165) is 34.4 Å². The van der Waals surface area contributed by atoms with Gasteiger partial charge < -0.3 is 15.1 Å². The van der Waals surface area contributed by atoms with E-state index in [0.29, 0.717) is 0 Å². The Bertz CT molecular complexity index is 485. The largest absolute Gasteiger partial charge is 0.504 e. The fourth-order valence-corrected chi connectivity index (χ4v) is 3.16. The standard InChI is InChI=1S/C10H10N2O2S/c1-5-8-7(4-6(13)9(5)14)15-10-11-2-3-12(8)10/h4,13-14H,2-3H2,1H3. The number of rotatable bonds is 0. The van der Waals surface area contributed by atoms with E-state index in [2.05, 4.69) is 9.89 Å². The van der Waals surface area contributed by atoms with Crippen molar-refractivity contribution in [2.24, 2.45) is 4.99 Å². The topological polar surface area (TPSA) is 56.1 Å². The summed E-state index contributed by atoms with van der Waals surface area (Å²) in [7, 11) is 0. The summed E-state index contributed by atoms with van der Waals surface area (Å²) in [5.41, 5.74) is 1.72. The zero-order chi connectivity index (χ0) is 10.6. The van der Waals surface area contributed by atoms with Crippen LogP contribution in [0.25, 0.3) is 0 Å². The van der Waals surface area contributed by atoms with Crippen molar-refractivity contribution < 1.29 is 10.2 Å². The predicted octanol–water partition coefficient (Wildman–Crippen LogP) is 1.69. The maximum absolute atomic E-state index is 9.66. The first kappa shape index (κ1) is 8.91. The molecule has 3 rings (SSSR count). The number of phenolic OH excluding ortho intramolecular Hbond substituents is 2. The summed E-state index contributed by atoms with van der Waals surface area (Å²) in [6.07, 6.45) is 0. The van der Waals surface area contributed by atoms with E-state index in [4.69, 9.17) is 0 Å². The number of aliphatic imine (C=N–C) groups is 1. The van der Waals surface area contributed by atoms with Gasteiger partial charge in [-0.05, 0) is 24.8 Å². The van der Waals surface area contributed by atoms with E-state index in [1.165, 1.54) is 0 Å². The summed E-state index contributed by atoms with van der Waals surface area (Å²) in [5.74, 6) is -0.0805. The van der Waals surface area contributed by atoms with Crippen LogP contribution in [0.3, 0.4) is 0 Å². The van der Waals surface area contributed by atoms with Gasteiger partial charge in [0.1, 0.15) is 0 Å². The van der Waals surface area contributed by atoms with E-state index in [1.807, 2.05) is 6.92 Å². The van der Waals surface area contributed by atoms with Crippen LogP contribution in [0.1, 0.15) is 5.56 Å². The summed E-state index contributed by atoms with van der Waals surface area (Å²) in [4.78, 5) is 7.42. The van der Waals surface area contributed by atoms with Gasteiger partial charge in [-0.3, -0.25) is 4.99 Å². The smallest absolute Gasteiger partial charge is 0.168 e. The van der Waals surface area contributed by atoms with Crippen LogP contribution in [0.4, 0.5) is 5.69 Å². The summed E-state index contributed by atoms with van der Waals surface area (Å²) in [6, 6.07) is 1.60. The molecule has 5 heteroatoms. The van der Waals surface area contributed by atoms with E-state index in [-0.39, 0.29) is 11.5 Å². The second-order valence-electron chi connectivity index (χ2n) is 3.63. The quantitative estimate of drug-likeness (QED) is 0.656. The molecule has 2 N–H and O–H groups in total. The predicted molar refractivity (Wildman–Crippen MR) is 60.0 cm³/mol. The Labute approximate surface area is 91.2 Å². The van der Waals surface area contributed by atoms with Crippen molar-refractivity contribution in [3.05, 3.63) is 11.6 Å². The molecule has 0 spiro atoms. The first-order valence-corrected chi connectivity index (χ1v) is 5.55. The van der Waals surface area contributed by atoms with Crippen LogP contribution in [0.15, 0.2) is 16.0 Å².